The number of halogens is 3. The van der Waals surface area contributed by atoms with Crippen molar-refractivity contribution in [3.05, 3.63) is 41.3 Å². The second kappa shape index (κ2) is 10.9. The molecule has 2 aliphatic heterocycles. The molecule has 1 N–H and O–H groups in total. The summed E-state index contributed by atoms with van der Waals surface area (Å²) in [6.45, 7) is 0.166. The average molecular weight is 538 g/mol. The first-order chi connectivity index (χ1) is 15.6. The monoisotopic (exact) mass is 536 g/mol. The summed E-state index contributed by atoms with van der Waals surface area (Å²) in [7, 11) is 0. The molecular formula is C20H19Cl3N2O7S. The van der Waals surface area contributed by atoms with Crippen molar-refractivity contribution >= 4 is 70.3 Å². The van der Waals surface area contributed by atoms with Crippen LogP contribution in [0.1, 0.15) is 6.92 Å². The first kappa shape index (κ1) is 25.5. The topological polar surface area (TPSA) is 111 Å². The van der Waals surface area contributed by atoms with E-state index in [1.807, 2.05) is 6.07 Å². The van der Waals surface area contributed by atoms with E-state index in [0.29, 0.717) is 11.3 Å². The summed E-state index contributed by atoms with van der Waals surface area (Å²) in [5.41, 5.74) is 0.325. The molecule has 1 aromatic carbocycles. The van der Waals surface area contributed by atoms with E-state index in [1.54, 1.807) is 29.7 Å². The Morgan fingerprint density at radius 1 is 1.15 bits per heavy atom. The second-order valence-corrected chi connectivity index (χ2v) is 10.5. The van der Waals surface area contributed by atoms with Gasteiger partial charge in [0.25, 0.3) is 5.91 Å². The largest absolute Gasteiger partial charge is 0.484 e. The number of carbonyl (C=O) groups excluding carboxylic acids is 4. The fourth-order valence-electron chi connectivity index (χ4n) is 3.11. The molecule has 3 atom stereocenters. The van der Waals surface area contributed by atoms with Crippen LogP contribution in [0.15, 0.2) is 41.3 Å². The number of hydrogen-bond acceptors (Lipinski definition) is 8. The van der Waals surface area contributed by atoms with Gasteiger partial charge in [-0.1, -0.05) is 53.0 Å². The molecule has 13 heteroatoms. The molecule has 0 radical (unpaired) electrons. The maximum atomic E-state index is 12.8. The van der Waals surface area contributed by atoms with Crippen molar-refractivity contribution in [1.82, 2.24) is 10.2 Å². The number of nitrogens with zero attached hydrogens (tertiary/aromatic N) is 1. The van der Waals surface area contributed by atoms with E-state index >= 15 is 0 Å². The Morgan fingerprint density at radius 3 is 2.48 bits per heavy atom. The van der Waals surface area contributed by atoms with Crippen molar-refractivity contribution in [2.24, 2.45) is 0 Å². The van der Waals surface area contributed by atoms with Gasteiger partial charge in [0.15, 0.2) is 12.6 Å². The number of rotatable bonds is 8. The molecule has 0 aliphatic carbocycles. The highest BCUT2D eigenvalue weighted by Gasteiger charge is 2.56. The third-order valence-corrected chi connectivity index (χ3v) is 6.09. The standard InChI is InChI=1S/C20H19Cl3N2O7S/c1-11(26)30-7-12-9-33-18-15(24-14(27)8-31-13-5-3-2-4-6-13)17(28)25(18)16(12)19(29)32-10-20(21,22)23/h2-6,9,15-16,18H,7-8,10H2,1H3,(H,24,27)/t15?,16?,18-/m1/s1. The minimum absolute atomic E-state index is 0.228. The lowest BCUT2D eigenvalue weighted by molar-refractivity contribution is -0.163. The molecule has 2 aliphatic rings. The average Bonchev–Trinajstić information content (AvgIpc) is 2.77. The Kier molecular flexibility index (Phi) is 8.38. The number of carbonyl (C=O) groups is 4. The number of para-hydroxylation sites is 1. The van der Waals surface area contributed by atoms with E-state index in [-0.39, 0.29) is 13.2 Å². The summed E-state index contributed by atoms with van der Waals surface area (Å²) in [6, 6.07) is 6.67. The lowest BCUT2D eigenvalue weighted by Gasteiger charge is -2.51. The Balaban J connectivity index is 1.66. The molecule has 2 amide bonds. The number of thioether (sulfide) groups is 1. The summed E-state index contributed by atoms with van der Waals surface area (Å²) >= 11 is 18.1. The first-order valence-electron chi connectivity index (χ1n) is 9.57. The molecule has 1 saturated heterocycles. The van der Waals surface area contributed by atoms with Crippen LogP contribution in [0.5, 0.6) is 5.75 Å². The van der Waals surface area contributed by atoms with E-state index in [2.05, 4.69) is 5.32 Å². The molecule has 178 valence electrons. The van der Waals surface area contributed by atoms with Crippen LogP contribution in [-0.4, -0.2) is 69.7 Å². The zero-order valence-electron chi connectivity index (χ0n) is 17.2. The van der Waals surface area contributed by atoms with Crippen molar-refractivity contribution in [2.75, 3.05) is 19.8 Å². The van der Waals surface area contributed by atoms with Gasteiger partial charge in [0.05, 0.1) is 0 Å². The highest BCUT2D eigenvalue weighted by Crippen LogP contribution is 2.40. The van der Waals surface area contributed by atoms with Crippen LogP contribution in [-0.2, 0) is 28.7 Å². The number of benzene rings is 1. The van der Waals surface area contributed by atoms with Gasteiger partial charge in [-0.25, -0.2) is 4.79 Å². The summed E-state index contributed by atoms with van der Waals surface area (Å²) < 4.78 is 13.6. The van der Waals surface area contributed by atoms with E-state index in [1.165, 1.54) is 23.6 Å². The Bertz CT molecular complexity index is 955. The predicted molar refractivity (Wildman–Crippen MR) is 122 cm³/mol. The van der Waals surface area contributed by atoms with Gasteiger partial charge in [0, 0.05) is 12.5 Å². The molecule has 1 aromatic rings. The van der Waals surface area contributed by atoms with Gasteiger partial charge >= 0.3 is 11.9 Å². The van der Waals surface area contributed by atoms with E-state index < -0.39 is 51.6 Å². The Hall–Kier alpha value is -2.14. The minimum Gasteiger partial charge on any atom is -0.484 e. The van der Waals surface area contributed by atoms with Gasteiger partial charge in [-0.05, 0) is 17.5 Å². The molecule has 2 unspecified atom stereocenters. The first-order valence-corrected chi connectivity index (χ1v) is 11.6. The number of amides is 2. The van der Waals surface area contributed by atoms with E-state index in [4.69, 9.17) is 49.0 Å². The van der Waals surface area contributed by atoms with Crippen molar-refractivity contribution in [3.8, 4) is 5.75 Å². The molecule has 33 heavy (non-hydrogen) atoms. The van der Waals surface area contributed by atoms with Crippen LogP contribution in [0.2, 0.25) is 0 Å². The predicted octanol–water partition coefficient (Wildman–Crippen LogP) is 2.19. The van der Waals surface area contributed by atoms with Crippen LogP contribution in [0, 0.1) is 0 Å². The van der Waals surface area contributed by atoms with Crippen molar-refractivity contribution < 1.29 is 33.4 Å². The number of ether oxygens (including phenoxy) is 3. The minimum atomic E-state index is -1.84. The Morgan fingerprint density at radius 2 is 1.85 bits per heavy atom. The van der Waals surface area contributed by atoms with Gasteiger partial charge < -0.3 is 24.4 Å². The number of hydrogen-bond donors (Lipinski definition) is 1. The van der Waals surface area contributed by atoms with E-state index in [0.717, 1.165) is 0 Å². The van der Waals surface area contributed by atoms with Crippen LogP contribution >= 0.6 is 46.6 Å². The molecule has 3 rings (SSSR count). The summed E-state index contributed by atoms with van der Waals surface area (Å²) in [5.74, 6) is -1.91. The highest BCUT2D eigenvalue weighted by molar-refractivity contribution is 8.02. The fraction of sp³-hybridized carbons (Fsp3) is 0.400. The van der Waals surface area contributed by atoms with Gasteiger partial charge in [-0.3, -0.25) is 14.4 Å². The lowest BCUT2D eigenvalue weighted by Crippen LogP contribution is -2.74. The fourth-order valence-corrected chi connectivity index (χ4v) is 4.49. The van der Waals surface area contributed by atoms with Crippen LogP contribution in [0.4, 0.5) is 0 Å². The quantitative estimate of drug-likeness (QED) is 0.305. The maximum absolute atomic E-state index is 12.8. The molecule has 0 saturated carbocycles. The second-order valence-electron chi connectivity index (χ2n) is 7.02. The highest BCUT2D eigenvalue weighted by atomic mass is 35.6. The third kappa shape index (κ3) is 6.69. The molecule has 2 heterocycles. The third-order valence-electron chi connectivity index (χ3n) is 4.54. The molecule has 0 bridgehead atoms. The SMILES string of the molecule is CC(=O)OCC1=CS[C@@H]2C(NC(=O)COc3ccccc3)C(=O)N2C1C(=O)OCC(Cl)(Cl)Cl. The molecule has 9 nitrogen and oxygen atoms in total. The van der Waals surface area contributed by atoms with Gasteiger partial charge in [-0.15, -0.1) is 11.8 Å². The molecule has 0 spiro atoms. The number of β-lactam (4-membered cyclic amide) rings is 1. The summed E-state index contributed by atoms with van der Waals surface area (Å²) in [6.07, 6.45) is 0. The molecule has 1 fully saturated rings. The number of alkyl halides is 3. The van der Waals surface area contributed by atoms with Crippen molar-refractivity contribution in [3.63, 3.8) is 0 Å². The summed E-state index contributed by atoms with van der Waals surface area (Å²) in [4.78, 5) is 50.3. The summed E-state index contributed by atoms with van der Waals surface area (Å²) in [5, 5.41) is 3.63. The van der Waals surface area contributed by atoms with Gasteiger partial charge in [0.2, 0.25) is 9.70 Å². The van der Waals surface area contributed by atoms with Crippen molar-refractivity contribution in [2.45, 2.75) is 28.2 Å². The van der Waals surface area contributed by atoms with Crippen LogP contribution < -0.4 is 10.1 Å². The smallest absolute Gasteiger partial charge is 0.333 e. The van der Waals surface area contributed by atoms with Crippen LogP contribution in [0.25, 0.3) is 0 Å². The lowest BCUT2D eigenvalue weighted by atomic mass is 9.98. The number of fused-ring (bicyclic) bond motifs is 1. The number of esters is 2. The zero-order chi connectivity index (χ0) is 24.2. The van der Waals surface area contributed by atoms with Gasteiger partial charge in [-0.2, -0.15) is 0 Å². The zero-order valence-corrected chi connectivity index (χ0v) is 20.2. The van der Waals surface area contributed by atoms with Gasteiger partial charge in [0.1, 0.15) is 30.4 Å². The Labute approximate surface area is 208 Å². The number of nitrogens with one attached hydrogen (secondary N) is 1. The van der Waals surface area contributed by atoms with Crippen molar-refractivity contribution in [1.29, 1.82) is 0 Å². The van der Waals surface area contributed by atoms with E-state index in [9.17, 15) is 19.2 Å². The molecule has 0 aromatic heterocycles. The molecular weight excluding hydrogens is 519 g/mol. The normalized spacial score (nSPS) is 21.8. The maximum Gasteiger partial charge on any atom is 0.333 e. The van der Waals surface area contributed by atoms with Crippen LogP contribution in [0.3, 0.4) is 0 Å².